The first-order valence-corrected chi connectivity index (χ1v) is 8.12. The Labute approximate surface area is 133 Å². The Balaban J connectivity index is 1.81. The maximum absolute atomic E-state index is 12.3. The summed E-state index contributed by atoms with van der Waals surface area (Å²) in [6.45, 7) is 1.46. The third-order valence-electron chi connectivity index (χ3n) is 4.41. The lowest BCUT2D eigenvalue weighted by atomic mass is 9.97. The lowest BCUT2D eigenvalue weighted by Gasteiger charge is -2.15. The zero-order valence-electron chi connectivity index (χ0n) is 13.1. The monoisotopic (exact) mass is 313 g/mol. The van der Waals surface area contributed by atoms with Gasteiger partial charge in [-0.15, -0.1) is 0 Å². The van der Waals surface area contributed by atoms with Crippen LogP contribution in [0.15, 0.2) is 10.9 Å². The minimum atomic E-state index is -0.172. The van der Waals surface area contributed by atoms with Gasteiger partial charge in [0.05, 0.1) is 11.4 Å². The smallest absolute Gasteiger partial charge is 0.255 e. The van der Waals surface area contributed by atoms with E-state index in [2.05, 4.69) is 20.4 Å². The third kappa shape index (κ3) is 2.67. The average Bonchev–Trinajstić information content (AvgIpc) is 3.28. The molecule has 0 aliphatic heterocycles. The normalized spacial score (nSPS) is 16.9. The van der Waals surface area contributed by atoms with Crippen molar-refractivity contribution in [1.29, 1.82) is 0 Å². The van der Waals surface area contributed by atoms with Gasteiger partial charge >= 0.3 is 0 Å². The van der Waals surface area contributed by atoms with Gasteiger partial charge in [-0.25, -0.2) is 4.98 Å². The number of fused-ring (bicyclic) bond motifs is 1. The number of H-pyrrole nitrogens is 1. The van der Waals surface area contributed by atoms with Crippen molar-refractivity contribution < 1.29 is 4.79 Å². The summed E-state index contributed by atoms with van der Waals surface area (Å²) in [5.74, 6) is 1.21. The fraction of sp³-hybridized carbons (Fsp3) is 0.500. The van der Waals surface area contributed by atoms with Gasteiger partial charge in [0.2, 0.25) is 11.9 Å². The first-order valence-electron chi connectivity index (χ1n) is 8.12. The molecule has 120 valence electrons. The number of aryl methyl sites for hydroxylation is 1. The number of hydrogen-bond acceptors (Lipinski definition) is 4. The molecule has 2 heterocycles. The van der Waals surface area contributed by atoms with Crippen molar-refractivity contribution in [2.75, 3.05) is 5.32 Å². The number of carbonyl (C=O) groups excluding carboxylic acids is 1. The highest BCUT2D eigenvalue weighted by Crippen LogP contribution is 2.40. The molecule has 0 spiro atoms. The number of carbonyl (C=O) groups is 1. The van der Waals surface area contributed by atoms with Gasteiger partial charge < -0.3 is 5.32 Å². The minimum absolute atomic E-state index is 0.0954. The number of anilines is 1. The molecule has 0 radical (unpaired) electrons. The van der Waals surface area contributed by atoms with Crippen LogP contribution in [0.4, 0.5) is 5.82 Å². The van der Waals surface area contributed by atoms with Gasteiger partial charge in [0.15, 0.2) is 0 Å². The Morgan fingerprint density at radius 2 is 2.13 bits per heavy atom. The van der Waals surface area contributed by atoms with Crippen LogP contribution in [0.1, 0.15) is 55.5 Å². The molecule has 0 saturated heterocycles. The van der Waals surface area contributed by atoms with Gasteiger partial charge in [-0.05, 0) is 38.5 Å². The van der Waals surface area contributed by atoms with Crippen molar-refractivity contribution in [1.82, 2.24) is 19.7 Å². The van der Waals surface area contributed by atoms with E-state index in [-0.39, 0.29) is 11.5 Å². The maximum Gasteiger partial charge on any atom is 0.255 e. The molecule has 7 nitrogen and oxygen atoms in total. The molecule has 0 bridgehead atoms. The molecule has 0 aromatic carbocycles. The molecule has 2 aliphatic rings. The molecule has 23 heavy (non-hydrogen) atoms. The molecule has 2 N–H and O–H groups in total. The second kappa shape index (κ2) is 5.33. The summed E-state index contributed by atoms with van der Waals surface area (Å²) in [4.78, 5) is 31.2. The van der Waals surface area contributed by atoms with E-state index in [1.165, 1.54) is 6.92 Å². The molecule has 1 amide bonds. The van der Waals surface area contributed by atoms with Gasteiger partial charge in [-0.1, -0.05) is 0 Å². The van der Waals surface area contributed by atoms with Crippen molar-refractivity contribution in [2.24, 2.45) is 0 Å². The van der Waals surface area contributed by atoms with E-state index in [1.54, 1.807) is 4.68 Å². The molecule has 1 fully saturated rings. The summed E-state index contributed by atoms with van der Waals surface area (Å²) < 4.78 is 1.55. The largest absolute Gasteiger partial charge is 0.311 e. The summed E-state index contributed by atoms with van der Waals surface area (Å²) in [5, 5.41) is 7.33. The number of aromatic amines is 1. The van der Waals surface area contributed by atoms with E-state index >= 15 is 0 Å². The molecule has 4 rings (SSSR count). The van der Waals surface area contributed by atoms with E-state index in [0.717, 1.165) is 55.5 Å². The van der Waals surface area contributed by atoms with Gasteiger partial charge in [-0.2, -0.15) is 9.78 Å². The Bertz CT molecular complexity index is 831. The number of nitrogens with one attached hydrogen (secondary N) is 2. The van der Waals surface area contributed by atoms with Crippen LogP contribution in [-0.2, 0) is 17.6 Å². The van der Waals surface area contributed by atoms with Crippen molar-refractivity contribution in [3.05, 3.63) is 33.4 Å². The Morgan fingerprint density at radius 3 is 2.87 bits per heavy atom. The molecule has 2 aliphatic carbocycles. The lowest BCUT2D eigenvalue weighted by molar-refractivity contribution is -0.114. The molecule has 2 aromatic rings. The number of nitrogens with zero attached hydrogens (tertiary/aromatic N) is 3. The Hall–Kier alpha value is -2.44. The van der Waals surface area contributed by atoms with Crippen molar-refractivity contribution in [2.45, 2.75) is 51.4 Å². The highest BCUT2D eigenvalue weighted by atomic mass is 16.1. The van der Waals surface area contributed by atoms with Crippen molar-refractivity contribution in [3.8, 4) is 5.95 Å². The highest BCUT2D eigenvalue weighted by molar-refractivity contribution is 5.88. The van der Waals surface area contributed by atoms with Crippen LogP contribution in [0, 0.1) is 0 Å². The predicted octanol–water partition coefficient (Wildman–Crippen LogP) is 1.67. The predicted molar refractivity (Wildman–Crippen MR) is 84.9 cm³/mol. The number of amides is 1. The SMILES string of the molecule is CC(=O)Nc1cc(C2CC2)nn1-c1nc2c(c(=O)[nH]1)CCCC2. The number of hydrogen-bond donors (Lipinski definition) is 2. The number of aromatic nitrogens is 4. The standard InChI is InChI=1S/C16H19N5O2/c1-9(22)17-14-8-13(10-6-7-10)20-21(14)16-18-12-5-3-2-4-11(12)15(23)19-16/h8,10H,2-7H2,1H3,(H,17,22)(H,18,19,23). The Kier molecular flexibility index (Phi) is 3.28. The highest BCUT2D eigenvalue weighted by Gasteiger charge is 2.28. The molecule has 0 atom stereocenters. The van der Waals surface area contributed by atoms with Crippen LogP contribution in [0.2, 0.25) is 0 Å². The first-order chi connectivity index (χ1) is 11.1. The van der Waals surface area contributed by atoms with Gasteiger partial charge in [-0.3, -0.25) is 14.6 Å². The van der Waals surface area contributed by atoms with Gasteiger partial charge in [0.1, 0.15) is 5.82 Å². The fourth-order valence-corrected chi connectivity index (χ4v) is 3.10. The van der Waals surface area contributed by atoms with Crippen LogP contribution >= 0.6 is 0 Å². The Morgan fingerprint density at radius 1 is 1.35 bits per heavy atom. The summed E-state index contributed by atoms with van der Waals surface area (Å²) in [6.07, 6.45) is 5.91. The van der Waals surface area contributed by atoms with E-state index in [0.29, 0.717) is 17.7 Å². The minimum Gasteiger partial charge on any atom is -0.311 e. The molecule has 1 saturated carbocycles. The zero-order chi connectivity index (χ0) is 16.0. The quantitative estimate of drug-likeness (QED) is 0.901. The van der Waals surface area contributed by atoms with Crippen LogP contribution in [0.3, 0.4) is 0 Å². The zero-order valence-corrected chi connectivity index (χ0v) is 13.1. The molecule has 2 aromatic heterocycles. The summed E-state index contributed by atoms with van der Waals surface area (Å²) in [5.41, 5.74) is 2.49. The first kappa shape index (κ1) is 14.2. The molecular formula is C16H19N5O2. The fourth-order valence-electron chi connectivity index (χ4n) is 3.10. The molecule has 7 heteroatoms. The van der Waals surface area contributed by atoms with E-state index in [9.17, 15) is 9.59 Å². The van der Waals surface area contributed by atoms with E-state index in [1.807, 2.05) is 6.07 Å². The lowest BCUT2D eigenvalue weighted by Crippen LogP contribution is -2.24. The average molecular weight is 313 g/mol. The van der Waals surface area contributed by atoms with E-state index in [4.69, 9.17) is 0 Å². The van der Waals surface area contributed by atoms with Gasteiger partial charge in [0.25, 0.3) is 5.56 Å². The molecule has 0 unspecified atom stereocenters. The van der Waals surface area contributed by atoms with Crippen LogP contribution in [-0.4, -0.2) is 25.7 Å². The maximum atomic E-state index is 12.3. The third-order valence-corrected chi connectivity index (χ3v) is 4.41. The molecular weight excluding hydrogens is 294 g/mol. The van der Waals surface area contributed by atoms with Crippen LogP contribution < -0.4 is 10.9 Å². The van der Waals surface area contributed by atoms with Crippen molar-refractivity contribution in [3.63, 3.8) is 0 Å². The summed E-state index contributed by atoms with van der Waals surface area (Å²) >= 11 is 0. The topological polar surface area (TPSA) is 92.7 Å². The van der Waals surface area contributed by atoms with Gasteiger partial charge in [0, 0.05) is 24.5 Å². The second-order valence-electron chi connectivity index (χ2n) is 6.34. The summed E-state index contributed by atoms with van der Waals surface area (Å²) in [6, 6.07) is 1.87. The van der Waals surface area contributed by atoms with Crippen LogP contribution in [0.25, 0.3) is 5.95 Å². The van der Waals surface area contributed by atoms with Crippen molar-refractivity contribution >= 4 is 11.7 Å². The van der Waals surface area contributed by atoms with Crippen LogP contribution in [0.5, 0.6) is 0 Å². The second-order valence-corrected chi connectivity index (χ2v) is 6.34. The summed E-state index contributed by atoms with van der Waals surface area (Å²) in [7, 11) is 0. The number of rotatable bonds is 3. The van der Waals surface area contributed by atoms with E-state index < -0.39 is 0 Å².